The molecule has 2 fully saturated rings. The Morgan fingerprint density at radius 2 is 1.96 bits per heavy atom. The van der Waals surface area contributed by atoms with Crippen LogP contribution in [-0.4, -0.2) is 43.0 Å². The number of piperidine rings is 1. The van der Waals surface area contributed by atoms with Crippen LogP contribution < -0.4 is 15.2 Å². The lowest BCUT2D eigenvalue weighted by Gasteiger charge is -2.44. The van der Waals surface area contributed by atoms with Crippen molar-refractivity contribution in [3.63, 3.8) is 0 Å². The number of hydrogen-bond acceptors (Lipinski definition) is 4. The molecule has 2 amide bonds. The van der Waals surface area contributed by atoms with E-state index in [9.17, 15) is 9.59 Å². The number of nitrogens with zero attached hydrogens (tertiary/aromatic N) is 1. The van der Waals surface area contributed by atoms with E-state index >= 15 is 0 Å². The van der Waals surface area contributed by atoms with Gasteiger partial charge in [-0.05, 0) is 43.7 Å². The second-order valence-electron chi connectivity index (χ2n) is 7.00. The zero-order chi connectivity index (χ0) is 18.7. The van der Waals surface area contributed by atoms with Gasteiger partial charge >= 0.3 is 0 Å². The van der Waals surface area contributed by atoms with Crippen LogP contribution in [0.3, 0.4) is 0 Å². The van der Waals surface area contributed by atoms with Gasteiger partial charge in [0.2, 0.25) is 0 Å². The normalized spacial score (nSPS) is 22.5. The van der Waals surface area contributed by atoms with E-state index in [2.05, 4.69) is 0 Å². The van der Waals surface area contributed by atoms with E-state index in [0.717, 1.165) is 19.4 Å². The van der Waals surface area contributed by atoms with Crippen molar-refractivity contribution < 1.29 is 19.1 Å². The minimum atomic E-state index is -0.611. The molecule has 0 unspecified atom stereocenters. The molecule has 1 saturated heterocycles. The highest BCUT2D eigenvalue weighted by atomic mass is 35.5. The van der Waals surface area contributed by atoms with Gasteiger partial charge in [-0.1, -0.05) is 24.4 Å². The maximum atomic E-state index is 13.1. The smallest absolute Gasteiger partial charge is 0.255 e. The van der Waals surface area contributed by atoms with Gasteiger partial charge in [-0.2, -0.15) is 0 Å². The third kappa shape index (κ3) is 3.90. The number of halogens is 1. The highest BCUT2D eigenvalue weighted by Gasteiger charge is 2.36. The molecule has 2 N–H and O–H groups in total. The van der Waals surface area contributed by atoms with E-state index in [1.165, 1.54) is 32.8 Å². The molecule has 1 aromatic carbocycles. The molecular weight excluding hydrogens is 356 g/mol. The van der Waals surface area contributed by atoms with Gasteiger partial charge in [0.1, 0.15) is 0 Å². The average molecular weight is 381 g/mol. The van der Waals surface area contributed by atoms with Gasteiger partial charge in [0.15, 0.2) is 18.1 Å². The predicted molar refractivity (Wildman–Crippen MR) is 98.7 cm³/mol. The number of fused-ring (bicyclic) bond motifs is 1. The summed E-state index contributed by atoms with van der Waals surface area (Å²) in [5, 5.41) is 0.228. The molecule has 7 heteroatoms. The molecule has 0 aromatic heterocycles. The standard InChI is InChI=1S/C19H25ClN2O4/c1-25-16-10-13(9-14(20)18(16)26-11-17(21)23)19(24)22-8-4-6-12-5-2-3-7-15(12)22/h9-10,12,15H,2-8,11H2,1H3,(H2,21,23)/t12-,15-/m1/s1. The van der Waals surface area contributed by atoms with Crippen LogP contribution in [0.1, 0.15) is 48.9 Å². The van der Waals surface area contributed by atoms with Crippen LogP contribution in [0.5, 0.6) is 11.5 Å². The highest BCUT2D eigenvalue weighted by molar-refractivity contribution is 6.32. The van der Waals surface area contributed by atoms with Gasteiger partial charge in [-0.3, -0.25) is 9.59 Å². The number of carbonyl (C=O) groups is 2. The largest absolute Gasteiger partial charge is 0.493 e. The number of benzene rings is 1. The van der Waals surface area contributed by atoms with Crippen molar-refractivity contribution >= 4 is 23.4 Å². The van der Waals surface area contributed by atoms with Gasteiger partial charge in [0.25, 0.3) is 11.8 Å². The van der Waals surface area contributed by atoms with Crippen molar-refractivity contribution in [1.29, 1.82) is 0 Å². The van der Waals surface area contributed by atoms with Crippen LogP contribution in [0.25, 0.3) is 0 Å². The summed E-state index contributed by atoms with van der Waals surface area (Å²) in [7, 11) is 1.47. The number of ether oxygens (including phenoxy) is 2. The van der Waals surface area contributed by atoms with E-state index in [-0.39, 0.29) is 23.3 Å². The zero-order valence-corrected chi connectivity index (χ0v) is 15.8. The summed E-state index contributed by atoms with van der Waals surface area (Å²) in [5.41, 5.74) is 5.59. The summed E-state index contributed by atoms with van der Waals surface area (Å²) in [4.78, 5) is 26.1. The van der Waals surface area contributed by atoms with Crippen molar-refractivity contribution in [1.82, 2.24) is 4.90 Å². The molecular formula is C19H25ClN2O4. The second-order valence-corrected chi connectivity index (χ2v) is 7.40. The van der Waals surface area contributed by atoms with Crippen LogP contribution in [0.4, 0.5) is 0 Å². The quantitative estimate of drug-likeness (QED) is 0.851. The molecule has 2 aliphatic rings. The van der Waals surface area contributed by atoms with Crippen molar-refractivity contribution in [2.75, 3.05) is 20.3 Å². The summed E-state index contributed by atoms with van der Waals surface area (Å²) >= 11 is 6.29. The first-order valence-corrected chi connectivity index (χ1v) is 9.48. The minimum Gasteiger partial charge on any atom is -0.493 e. The van der Waals surface area contributed by atoms with Gasteiger partial charge in [0.05, 0.1) is 12.1 Å². The zero-order valence-electron chi connectivity index (χ0n) is 15.0. The third-order valence-electron chi connectivity index (χ3n) is 5.34. The Labute approximate surface area is 158 Å². The van der Waals surface area contributed by atoms with Gasteiger partial charge in [-0.25, -0.2) is 0 Å². The molecule has 1 heterocycles. The third-order valence-corrected chi connectivity index (χ3v) is 5.62. The Kier molecular flexibility index (Phi) is 5.91. The van der Waals surface area contributed by atoms with Crippen LogP contribution in [0.15, 0.2) is 12.1 Å². The lowest BCUT2D eigenvalue weighted by molar-refractivity contribution is -0.119. The Balaban J connectivity index is 1.84. The molecule has 0 radical (unpaired) electrons. The number of primary amides is 1. The van der Waals surface area contributed by atoms with Crippen LogP contribution in [0, 0.1) is 5.92 Å². The van der Waals surface area contributed by atoms with Crippen LogP contribution >= 0.6 is 11.6 Å². The maximum Gasteiger partial charge on any atom is 0.255 e. The van der Waals surface area contributed by atoms with E-state index in [0.29, 0.717) is 23.3 Å². The lowest BCUT2D eigenvalue weighted by atomic mass is 9.78. The Bertz CT molecular complexity index is 692. The summed E-state index contributed by atoms with van der Waals surface area (Å²) < 4.78 is 10.6. The number of likely N-dealkylation sites (tertiary alicyclic amines) is 1. The van der Waals surface area contributed by atoms with Gasteiger partial charge in [0, 0.05) is 18.2 Å². The van der Waals surface area contributed by atoms with Crippen molar-refractivity contribution in [3.8, 4) is 11.5 Å². The molecule has 0 spiro atoms. The Hall–Kier alpha value is -1.95. The van der Waals surface area contributed by atoms with E-state index < -0.39 is 5.91 Å². The van der Waals surface area contributed by atoms with E-state index in [1.54, 1.807) is 12.1 Å². The molecule has 6 nitrogen and oxygen atoms in total. The predicted octanol–water partition coefficient (Wildman–Crippen LogP) is 3.01. The first-order valence-electron chi connectivity index (χ1n) is 9.11. The number of nitrogens with two attached hydrogens (primary N) is 1. The number of methoxy groups -OCH3 is 1. The van der Waals surface area contributed by atoms with Crippen molar-refractivity contribution in [3.05, 3.63) is 22.7 Å². The fourth-order valence-electron chi connectivity index (χ4n) is 4.17. The first-order chi connectivity index (χ1) is 12.5. The minimum absolute atomic E-state index is 0.0248. The van der Waals surface area contributed by atoms with Crippen molar-refractivity contribution in [2.45, 2.75) is 44.6 Å². The molecule has 1 saturated carbocycles. The molecule has 1 aliphatic carbocycles. The molecule has 1 aromatic rings. The Morgan fingerprint density at radius 3 is 2.69 bits per heavy atom. The molecule has 2 atom stereocenters. The molecule has 26 heavy (non-hydrogen) atoms. The van der Waals surface area contributed by atoms with Crippen LogP contribution in [0.2, 0.25) is 5.02 Å². The summed E-state index contributed by atoms with van der Waals surface area (Å²) in [5.74, 6) is 0.512. The molecule has 1 aliphatic heterocycles. The fourth-order valence-corrected chi connectivity index (χ4v) is 4.43. The monoisotopic (exact) mass is 380 g/mol. The summed E-state index contributed by atoms with van der Waals surface area (Å²) in [6.07, 6.45) is 6.96. The van der Waals surface area contributed by atoms with E-state index in [1.807, 2.05) is 4.90 Å². The highest BCUT2D eigenvalue weighted by Crippen LogP contribution is 2.39. The number of hydrogen-bond donors (Lipinski definition) is 1. The van der Waals surface area contributed by atoms with Crippen molar-refractivity contribution in [2.24, 2.45) is 11.7 Å². The van der Waals surface area contributed by atoms with Crippen LogP contribution in [-0.2, 0) is 4.79 Å². The Morgan fingerprint density at radius 1 is 1.23 bits per heavy atom. The number of carbonyl (C=O) groups excluding carboxylic acids is 2. The number of amides is 2. The van der Waals surface area contributed by atoms with Gasteiger partial charge in [-0.15, -0.1) is 0 Å². The SMILES string of the molecule is COc1cc(C(=O)N2CCC[C@H]3CCCC[C@H]32)cc(Cl)c1OCC(N)=O. The van der Waals surface area contributed by atoms with Gasteiger partial charge < -0.3 is 20.1 Å². The summed E-state index contributed by atoms with van der Waals surface area (Å²) in [6.45, 7) is 0.471. The molecule has 3 rings (SSSR count). The molecule has 142 valence electrons. The lowest BCUT2D eigenvalue weighted by Crippen LogP contribution is -2.49. The first kappa shape index (κ1) is 18.8. The summed E-state index contributed by atoms with van der Waals surface area (Å²) in [6, 6.07) is 3.52. The maximum absolute atomic E-state index is 13.1. The number of rotatable bonds is 5. The molecule has 0 bridgehead atoms. The topological polar surface area (TPSA) is 81.9 Å². The fraction of sp³-hybridized carbons (Fsp3) is 0.579. The average Bonchev–Trinajstić information content (AvgIpc) is 2.65. The van der Waals surface area contributed by atoms with E-state index in [4.69, 9.17) is 26.8 Å². The second kappa shape index (κ2) is 8.16.